The van der Waals surface area contributed by atoms with Crippen molar-refractivity contribution in [2.75, 3.05) is 0 Å². The third-order valence-corrected chi connectivity index (χ3v) is 1.01. The van der Waals surface area contributed by atoms with Gasteiger partial charge >= 0.3 is 0 Å². The van der Waals surface area contributed by atoms with Gasteiger partial charge in [0.15, 0.2) is 0 Å². The van der Waals surface area contributed by atoms with Gasteiger partial charge in [-0.15, -0.1) is 0 Å². The molecular formula is C9H20O. The highest BCUT2D eigenvalue weighted by Gasteiger charge is 1.93. The SMILES string of the molecule is C=C(O)CCC(C)C.CC. The van der Waals surface area contributed by atoms with Crippen molar-refractivity contribution in [2.24, 2.45) is 5.92 Å². The Morgan fingerprint density at radius 2 is 1.80 bits per heavy atom. The second-order valence-electron chi connectivity index (χ2n) is 2.50. The summed E-state index contributed by atoms with van der Waals surface area (Å²) in [4.78, 5) is 0. The van der Waals surface area contributed by atoms with Crippen LogP contribution in [-0.2, 0) is 0 Å². The molecule has 0 bridgehead atoms. The molecule has 0 radical (unpaired) electrons. The van der Waals surface area contributed by atoms with Gasteiger partial charge in [-0.2, -0.15) is 0 Å². The molecule has 62 valence electrons. The van der Waals surface area contributed by atoms with Gasteiger partial charge in [0.1, 0.15) is 0 Å². The Labute approximate surface area is 64.8 Å². The van der Waals surface area contributed by atoms with Crippen molar-refractivity contribution in [2.45, 2.75) is 40.5 Å². The van der Waals surface area contributed by atoms with Gasteiger partial charge < -0.3 is 5.11 Å². The highest BCUT2D eigenvalue weighted by molar-refractivity contribution is 4.78. The largest absolute Gasteiger partial charge is 0.513 e. The molecule has 0 spiro atoms. The van der Waals surface area contributed by atoms with Crippen molar-refractivity contribution in [3.8, 4) is 0 Å². The van der Waals surface area contributed by atoms with Crippen molar-refractivity contribution in [1.29, 1.82) is 0 Å². The second-order valence-corrected chi connectivity index (χ2v) is 2.50. The molecule has 0 rings (SSSR count). The van der Waals surface area contributed by atoms with Crippen LogP contribution in [0.5, 0.6) is 0 Å². The first-order chi connectivity index (χ1) is 4.63. The molecule has 0 heterocycles. The molecule has 1 N–H and O–H groups in total. The van der Waals surface area contributed by atoms with Crippen molar-refractivity contribution in [1.82, 2.24) is 0 Å². The summed E-state index contributed by atoms with van der Waals surface area (Å²) in [5.74, 6) is 0.970. The maximum Gasteiger partial charge on any atom is 0.0851 e. The predicted octanol–water partition coefficient (Wildman–Crippen LogP) is 3.52. The van der Waals surface area contributed by atoms with Crippen LogP contribution in [0.3, 0.4) is 0 Å². The fourth-order valence-electron chi connectivity index (χ4n) is 0.455. The van der Waals surface area contributed by atoms with Crippen LogP contribution < -0.4 is 0 Å². The third-order valence-electron chi connectivity index (χ3n) is 1.01. The topological polar surface area (TPSA) is 20.2 Å². The molecule has 0 aliphatic carbocycles. The van der Waals surface area contributed by atoms with Gasteiger partial charge in [-0.1, -0.05) is 34.3 Å². The molecule has 0 unspecified atom stereocenters. The summed E-state index contributed by atoms with van der Waals surface area (Å²) < 4.78 is 0. The average molecular weight is 144 g/mol. The quantitative estimate of drug-likeness (QED) is 0.601. The van der Waals surface area contributed by atoms with Gasteiger partial charge in [-0.3, -0.25) is 0 Å². The monoisotopic (exact) mass is 144 g/mol. The number of hydrogen-bond acceptors (Lipinski definition) is 1. The highest BCUT2D eigenvalue weighted by Crippen LogP contribution is 2.06. The molecule has 1 nitrogen and oxygen atoms in total. The van der Waals surface area contributed by atoms with E-state index in [1.165, 1.54) is 0 Å². The van der Waals surface area contributed by atoms with Crippen molar-refractivity contribution in [3.63, 3.8) is 0 Å². The fraction of sp³-hybridized carbons (Fsp3) is 0.778. The fourth-order valence-corrected chi connectivity index (χ4v) is 0.455. The molecule has 0 aromatic heterocycles. The van der Waals surface area contributed by atoms with E-state index >= 15 is 0 Å². The molecule has 0 amide bonds. The van der Waals surface area contributed by atoms with Crippen LogP contribution in [0.25, 0.3) is 0 Å². The molecule has 0 aliphatic rings. The molecule has 0 saturated heterocycles. The Kier molecular flexibility index (Phi) is 10.5. The number of rotatable bonds is 3. The van der Waals surface area contributed by atoms with Crippen LogP contribution in [0.15, 0.2) is 12.3 Å². The molecule has 0 atom stereocenters. The second kappa shape index (κ2) is 8.54. The van der Waals surface area contributed by atoms with Crippen molar-refractivity contribution in [3.05, 3.63) is 12.3 Å². The van der Waals surface area contributed by atoms with Crippen LogP contribution in [0.2, 0.25) is 0 Å². The van der Waals surface area contributed by atoms with Crippen LogP contribution in [-0.4, -0.2) is 5.11 Å². The van der Waals surface area contributed by atoms with E-state index in [1.54, 1.807) is 0 Å². The number of aliphatic hydroxyl groups is 1. The molecule has 0 fully saturated rings. The van der Waals surface area contributed by atoms with Crippen LogP contribution >= 0.6 is 0 Å². The molecule has 0 aromatic rings. The Morgan fingerprint density at radius 1 is 1.40 bits per heavy atom. The van der Waals surface area contributed by atoms with Crippen LogP contribution in [0.4, 0.5) is 0 Å². The Balaban J connectivity index is 0. The van der Waals surface area contributed by atoms with Crippen LogP contribution in [0.1, 0.15) is 40.5 Å². The van der Waals surface area contributed by atoms with Crippen molar-refractivity contribution >= 4 is 0 Å². The lowest BCUT2D eigenvalue weighted by molar-refractivity contribution is 0.374. The van der Waals surface area contributed by atoms with E-state index < -0.39 is 0 Å². The zero-order valence-electron chi connectivity index (χ0n) is 7.65. The summed E-state index contributed by atoms with van der Waals surface area (Å²) in [6, 6.07) is 0. The maximum atomic E-state index is 8.61. The summed E-state index contributed by atoms with van der Waals surface area (Å²) in [6.07, 6.45) is 1.78. The smallest absolute Gasteiger partial charge is 0.0851 e. The minimum Gasteiger partial charge on any atom is -0.513 e. The normalized spacial score (nSPS) is 8.50. The minimum atomic E-state index is 0.304. The first kappa shape index (κ1) is 12.2. The summed E-state index contributed by atoms with van der Waals surface area (Å²) >= 11 is 0. The maximum absolute atomic E-state index is 8.61. The van der Waals surface area contributed by atoms with E-state index in [-0.39, 0.29) is 0 Å². The number of hydrogen-bond donors (Lipinski definition) is 1. The number of allylic oxidation sites excluding steroid dienone is 1. The summed E-state index contributed by atoms with van der Waals surface area (Å²) in [5.41, 5.74) is 0. The lowest BCUT2D eigenvalue weighted by Crippen LogP contribution is -1.87. The standard InChI is InChI=1S/C7H14O.C2H6/c1-6(2)4-5-7(3)8;1-2/h6,8H,3-5H2,1-2H3;1-2H3. The van der Waals surface area contributed by atoms with Gasteiger partial charge in [0.2, 0.25) is 0 Å². The predicted molar refractivity (Wildman–Crippen MR) is 47.2 cm³/mol. The van der Waals surface area contributed by atoms with Gasteiger partial charge in [0, 0.05) is 6.42 Å². The summed E-state index contributed by atoms with van der Waals surface area (Å²) in [6.45, 7) is 11.6. The highest BCUT2D eigenvalue weighted by atomic mass is 16.3. The Morgan fingerprint density at radius 3 is 1.90 bits per heavy atom. The van der Waals surface area contributed by atoms with E-state index in [2.05, 4.69) is 20.4 Å². The Bertz CT molecular complexity index is 74.8. The van der Waals surface area contributed by atoms with E-state index in [0.717, 1.165) is 12.8 Å². The van der Waals surface area contributed by atoms with Crippen LogP contribution in [0, 0.1) is 5.92 Å². The molecular weight excluding hydrogens is 124 g/mol. The average Bonchev–Trinajstić information content (AvgIpc) is 1.89. The zero-order chi connectivity index (χ0) is 8.57. The summed E-state index contributed by atoms with van der Waals surface area (Å²) in [5, 5.41) is 8.61. The number of aliphatic hydroxyl groups excluding tert-OH is 1. The van der Waals surface area contributed by atoms with E-state index in [9.17, 15) is 0 Å². The molecule has 0 saturated carbocycles. The van der Waals surface area contributed by atoms with Gasteiger partial charge in [0.05, 0.1) is 5.76 Å². The molecule has 0 aliphatic heterocycles. The zero-order valence-corrected chi connectivity index (χ0v) is 7.65. The lowest BCUT2D eigenvalue weighted by atomic mass is 10.1. The summed E-state index contributed by atoms with van der Waals surface area (Å²) in [7, 11) is 0. The van der Waals surface area contributed by atoms with Gasteiger partial charge in [-0.25, -0.2) is 0 Å². The molecule has 1 heteroatoms. The van der Waals surface area contributed by atoms with Gasteiger partial charge in [-0.05, 0) is 12.3 Å². The molecule has 10 heavy (non-hydrogen) atoms. The van der Waals surface area contributed by atoms with E-state index in [0.29, 0.717) is 11.7 Å². The third kappa shape index (κ3) is 15.6. The minimum absolute atomic E-state index is 0.304. The first-order valence-corrected chi connectivity index (χ1v) is 3.99. The van der Waals surface area contributed by atoms with Gasteiger partial charge in [0.25, 0.3) is 0 Å². The van der Waals surface area contributed by atoms with E-state index in [4.69, 9.17) is 5.11 Å². The lowest BCUT2D eigenvalue weighted by Gasteiger charge is -2.00. The first-order valence-electron chi connectivity index (χ1n) is 3.99. The Hall–Kier alpha value is -0.460. The van der Waals surface area contributed by atoms with Crippen molar-refractivity contribution < 1.29 is 5.11 Å². The molecule has 0 aromatic carbocycles. The van der Waals surface area contributed by atoms with E-state index in [1.807, 2.05) is 13.8 Å².